The minimum absolute atomic E-state index is 0.754. The first-order valence-electron chi connectivity index (χ1n) is 6.11. The molecule has 1 aliphatic carbocycles. The standard InChI is InChI=1S/C16H20/c1-12-7-4-5-10-15(11-12)16-13(2)8-6-9-14(16)3/h4-6,8-10,12H,7,11H2,1-3H3. The summed E-state index contributed by atoms with van der Waals surface area (Å²) in [4.78, 5) is 0. The average Bonchev–Trinajstić information content (AvgIpc) is 2.43. The predicted molar refractivity (Wildman–Crippen MR) is 71.4 cm³/mol. The molecule has 2 rings (SSSR count). The van der Waals surface area contributed by atoms with Crippen molar-refractivity contribution >= 4 is 5.57 Å². The van der Waals surface area contributed by atoms with Gasteiger partial charge in [-0.05, 0) is 54.9 Å². The topological polar surface area (TPSA) is 0 Å². The van der Waals surface area contributed by atoms with E-state index in [1.54, 1.807) is 0 Å². The third-order valence-corrected chi connectivity index (χ3v) is 3.34. The molecule has 0 bridgehead atoms. The lowest BCUT2D eigenvalue weighted by Gasteiger charge is -2.15. The van der Waals surface area contributed by atoms with E-state index in [1.807, 2.05) is 0 Å². The van der Waals surface area contributed by atoms with Crippen LogP contribution in [-0.4, -0.2) is 0 Å². The van der Waals surface area contributed by atoms with Crippen molar-refractivity contribution in [2.24, 2.45) is 5.92 Å². The number of hydrogen-bond donors (Lipinski definition) is 0. The summed E-state index contributed by atoms with van der Waals surface area (Å²) in [5.41, 5.74) is 5.75. The molecular formula is C16H20. The second kappa shape index (κ2) is 4.69. The molecule has 0 heterocycles. The molecule has 0 radical (unpaired) electrons. The highest BCUT2D eigenvalue weighted by molar-refractivity contribution is 5.72. The van der Waals surface area contributed by atoms with E-state index >= 15 is 0 Å². The first-order valence-corrected chi connectivity index (χ1v) is 6.11. The Labute approximate surface area is 98.7 Å². The van der Waals surface area contributed by atoms with Gasteiger partial charge in [-0.15, -0.1) is 0 Å². The zero-order chi connectivity index (χ0) is 11.5. The van der Waals surface area contributed by atoms with E-state index in [0.717, 1.165) is 5.92 Å². The molecule has 0 saturated heterocycles. The van der Waals surface area contributed by atoms with Gasteiger partial charge in [-0.1, -0.05) is 43.4 Å². The van der Waals surface area contributed by atoms with E-state index in [4.69, 9.17) is 0 Å². The van der Waals surface area contributed by atoms with Gasteiger partial charge in [-0.2, -0.15) is 0 Å². The van der Waals surface area contributed by atoms with Crippen LogP contribution in [0.15, 0.2) is 36.4 Å². The molecule has 1 unspecified atom stereocenters. The van der Waals surface area contributed by atoms with Crippen LogP contribution in [0.25, 0.3) is 5.57 Å². The number of allylic oxidation sites excluding steroid dienone is 4. The third-order valence-electron chi connectivity index (χ3n) is 3.34. The molecule has 0 aliphatic heterocycles. The molecule has 84 valence electrons. The average molecular weight is 212 g/mol. The largest absolute Gasteiger partial charge is 0.0842 e. The van der Waals surface area contributed by atoms with Crippen LogP contribution in [0, 0.1) is 19.8 Å². The van der Waals surface area contributed by atoms with Gasteiger partial charge in [0.2, 0.25) is 0 Å². The van der Waals surface area contributed by atoms with Crippen LogP contribution in [0.5, 0.6) is 0 Å². The molecule has 1 atom stereocenters. The van der Waals surface area contributed by atoms with Crippen molar-refractivity contribution in [3.63, 3.8) is 0 Å². The highest BCUT2D eigenvalue weighted by Crippen LogP contribution is 2.31. The lowest BCUT2D eigenvalue weighted by Crippen LogP contribution is -1.98. The summed E-state index contributed by atoms with van der Waals surface area (Å²) in [6.07, 6.45) is 9.18. The summed E-state index contributed by atoms with van der Waals surface area (Å²) in [6, 6.07) is 6.57. The Balaban J connectivity index is 2.44. The summed E-state index contributed by atoms with van der Waals surface area (Å²) in [6.45, 7) is 6.75. The fraction of sp³-hybridized carbons (Fsp3) is 0.375. The maximum absolute atomic E-state index is 2.33. The fourth-order valence-electron chi connectivity index (χ4n) is 2.53. The highest BCUT2D eigenvalue weighted by atomic mass is 14.2. The molecule has 0 spiro atoms. The maximum atomic E-state index is 2.33. The molecule has 0 N–H and O–H groups in total. The van der Waals surface area contributed by atoms with Crippen LogP contribution in [0.2, 0.25) is 0 Å². The molecule has 16 heavy (non-hydrogen) atoms. The molecule has 1 aromatic carbocycles. The Morgan fingerprint density at radius 1 is 1.12 bits per heavy atom. The van der Waals surface area contributed by atoms with E-state index in [0.29, 0.717) is 0 Å². The fourth-order valence-corrected chi connectivity index (χ4v) is 2.53. The van der Waals surface area contributed by atoms with Crippen molar-refractivity contribution in [3.8, 4) is 0 Å². The predicted octanol–water partition coefficient (Wildman–Crippen LogP) is 4.67. The third kappa shape index (κ3) is 2.27. The van der Waals surface area contributed by atoms with Gasteiger partial charge in [0, 0.05) is 0 Å². The van der Waals surface area contributed by atoms with Crippen LogP contribution < -0.4 is 0 Å². The van der Waals surface area contributed by atoms with Crippen LogP contribution in [0.1, 0.15) is 36.5 Å². The minimum Gasteiger partial charge on any atom is -0.0842 e. The minimum atomic E-state index is 0.754. The normalized spacial score (nSPS) is 20.4. The van der Waals surface area contributed by atoms with Crippen LogP contribution in [0.4, 0.5) is 0 Å². The Bertz CT molecular complexity index is 415. The van der Waals surface area contributed by atoms with Gasteiger partial charge in [0.15, 0.2) is 0 Å². The number of rotatable bonds is 1. The summed E-state index contributed by atoms with van der Waals surface area (Å²) in [5.74, 6) is 0.754. The number of benzene rings is 1. The van der Waals surface area contributed by atoms with E-state index < -0.39 is 0 Å². The van der Waals surface area contributed by atoms with Gasteiger partial charge in [0.25, 0.3) is 0 Å². The van der Waals surface area contributed by atoms with Gasteiger partial charge in [0.05, 0.1) is 0 Å². The summed E-state index contributed by atoms with van der Waals surface area (Å²) >= 11 is 0. The van der Waals surface area contributed by atoms with Crippen molar-refractivity contribution in [1.82, 2.24) is 0 Å². The van der Waals surface area contributed by atoms with E-state index in [-0.39, 0.29) is 0 Å². The Morgan fingerprint density at radius 3 is 2.50 bits per heavy atom. The van der Waals surface area contributed by atoms with Crippen LogP contribution in [0.3, 0.4) is 0 Å². The number of aryl methyl sites for hydroxylation is 2. The van der Waals surface area contributed by atoms with Gasteiger partial charge in [0.1, 0.15) is 0 Å². The lowest BCUT2D eigenvalue weighted by molar-refractivity contribution is 0.614. The molecule has 0 saturated carbocycles. The Hall–Kier alpha value is -1.30. The molecule has 0 heteroatoms. The van der Waals surface area contributed by atoms with Crippen LogP contribution >= 0.6 is 0 Å². The van der Waals surface area contributed by atoms with Gasteiger partial charge in [-0.25, -0.2) is 0 Å². The quantitative estimate of drug-likeness (QED) is 0.634. The monoisotopic (exact) mass is 212 g/mol. The van der Waals surface area contributed by atoms with E-state index in [9.17, 15) is 0 Å². The highest BCUT2D eigenvalue weighted by Gasteiger charge is 2.12. The molecular weight excluding hydrogens is 192 g/mol. The first-order chi connectivity index (χ1) is 7.68. The molecule has 0 aromatic heterocycles. The van der Waals surface area contributed by atoms with E-state index in [2.05, 4.69) is 57.2 Å². The SMILES string of the molecule is Cc1cccc(C)c1C1=CC=CCC(C)C1. The van der Waals surface area contributed by atoms with E-state index in [1.165, 1.54) is 35.1 Å². The molecule has 0 nitrogen and oxygen atoms in total. The molecule has 0 amide bonds. The van der Waals surface area contributed by atoms with Crippen LogP contribution in [-0.2, 0) is 0 Å². The Morgan fingerprint density at radius 2 is 1.81 bits per heavy atom. The second-order valence-corrected chi connectivity index (χ2v) is 4.93. The van der Waals surface area contributed by atoms with Crippen molar-refractivity contribution in [3.05, 3.63) is 53.1 Å². The number of hydrogen-bond acceptors (Lipinski definition) is 0. The van der Waals surface area contributed by atoms with Gasteiger partial charge < -0.3 is 0 Å². The molecule has 1 aliphatic rings. The molecule has 0 fully saturated rings. The maximum Gasteiger partial charge on any atom is -0.0166 e. The van der Waals surface area contributed by atoms with Crippen molar-refractivity contribution in [1.29, 1.82) is 0 Å². The van der Waals surface area contributed by atoms with Crippen molar-refractivity contribution in [2.45, 2.75) is 33.6 Å². The second-order valence-electron chi connectivity index (χ2n) is 4.93. The summed E-state index contributed by atoms with van der Waals surface area (Å²) in [5, 5.41) is 0. The molecule has 1 aromatic rings. The first kappa shape index (κ1) is 11.2. The summed E-state index contributed by atoms with van der Waals surface area (Å²) in [7, 11) is 0. The smallest absolute Gasteiger partial charge is 0.0166 e. The zero-order valence-corrected chi connectivity index (χ0v) is 10.5. The van der Waals surface area contributed by atoms with Gasteiger partial charge in [-0.3, -0.25) is 0 Å². The lowest BCUT2D eigenvalue weighted by atomic mass is 9.89. The zero-order valence-electron chi connectivity index (χ0n) is 10.5. The van der Waals surface area contributed by atoms with Gasteiger partial charge >= 0.3 is 0 Å². The summed E-state index contributed by atoms with van der Waals surface area (Å²) < 4.78 is 0. The Kier molecular flexibility index (Phi) is 3.28. The van der Waals surface area contributed by atoms with Crippen molar-refractivity contribution in [2.75, 3.05) is 0 Å². The van der Waals surface area contributed by atoms with Crippen molar-refractivity contribution < 1.29 is 0 Å².